The smallest absolute Gasteiger partial charge is 0.223 e. The molecule has 3 aliphatic carbocycles. The van der Waals surface area contributed by atoms with Crippen molar-refractivity contribution >= 4 is 5.91 Å². The Kier molecular flexibility index (Phi) is 2.46. The van der Waals surface area contributed by atoms with E-state index < -0.39 is 0 Å². The maximum Gasteiger partial charge on any atom is 0.223 e. The molecule has 4 fully saturated rings. The van der Waals surface area contributed by atoms with E-state index in [1.807, 2.05) is 0 Å². The highest BCUT2D eigenvalue weighted by atomic mass is 16.2. The highest BCUT2D eigenvalue weighted by molar-refractivity contribution is 5.76. The van der Waals surface area contributed by atoms with Crippen molar-refractivity contribution in [1.82, 2.24) is 9.80 Å². The molecular formula is C19H28N2O. The Balaban J connectivity index is 1.76. The molecule has 5 rings (SSSR count). The second-order valence-electron chi connectivity index (χ2n) is 8.85. The summed E-state index contributed by atoms with van der Waals surface area (Å²) in [7, 11) is 2.37. The third-order valence-electron chi connectivity index (χ3n) is 8.10. The van der Waals surface area contributed by atoms with Crippen molar-refractivity contribution in [1.29, 1.82) is 0 Å². The Morgan fingerprint density at radius 2 is 2.18 bits per heavy atom. The molecule has 3 heteroatoms. The lowest BCUT2D eigenvalue weighted by atomic mass is 9.51. The van der Waals surface area contributed by atoms with Gasteiger partial charge in [-0.25, -0.2) is 0 Å². The van der Waals surface area contributed by atoms with E-state index in [1.54, 1.807) is 6.92 Å². The molecule has 2 aliphatic heterocycles. The fourth-order valence-corrected chi connectivity index (χ4v) is 7.81. The molecule has 2 spiro atoms. The van der Waals surface area contributed by atoms with Crippen LogP contribution >= 0.6 is 0 Å². The largest absolute Gasteiger partial charge is 0.316 e. The summed E-state index contributed by atoms with van der Waals surface area (Å²) in [5.74, 6) is 3.43. The number of nitrogens with zero attached hydrogens (tertiary/aromatic N) is 2. The summed E-state index contributed by atoms with van der Waals surface area (Å²) < 4.78 is 0. The van der Waals surface area contributed by atoms with Gasteiger partial charge in [0, 0.05) is 36.7 Å². The molecular weight excluding hydrogens is 272 g/mol. The van der Waals surface area contributed by atoms with Crippen molar-refractivity contribution in [3.05, 3.63) is 11.8 Å². The van der Waals surface area contributed by atoms with Crippen LogP contribution in [0.3, 0.4) is 0 Å². The zero-order valence-corrected chi connectivity index (χ0v) is 14.1. The van der Waals surface area contributed by atoms with Crippen LogP contribution in [0.5, 0.6) is 0 Å². The summed E-state index contributed by atoms with van der Waals surface area (Å²) in [4.78, 5) is 17.2. The minimum Gasteiger partial charge on any atom is -0.316 e. The summed E-state index contributed by atoms with van der Waals surface area (Å²) in [6, 6.07) is 0. The standard InChI is InChI=1S/C19H28N2O/c1-12-7-14-8-17-18(5-4-6-21(17)13(2)22)15-9-16(14)19(18,10-12)20(3)11-15/h8,12,14-16H,4-7,9-11H2,1-3H3/t12?,14?,15-,16?,18?,19-/m1/s1. The Morgan fingerprint density at radius 1 is 1.36 bits per heavy atom. The van der Waals surface area contributed by atoms with Crippen LogP contribution < -0.4 is 0 Å². The lowest BCUT2D eigenvalue weighted by Crippen LogP contribution is -2.65. The first-order valence-corrected chi connectivity index (χ1v) is 9.22. The number of allylic oxidation sites excluding steroid dienone is 1. The van der Waals surface area contributed by atoms with E-state index in [-0.39, 0.29) is 5.91 Å². The zero-order valence-electron chi connectivity index (χ0n) is 14.1. The van der Waals surface area contributed by atoms with Gasteiger partial charge in [-0.15, -0.1) is 0 Å². The second kappa shape index (κ2) is 3.98. The van der Waals surface area contributed by atoms with E-state index in [0.717, 1.165) is 24.3 Å². The van der Waals surface area contributed by atoms with Crippen LogP contribution in [0.4, 0.5) is 0 Å². The monoisotopic (exact) mass is 300 g/mol. The van der Waals surface area contributed by atoms with E-state index in [9.17, 15) is 4.79 Å². The first-order chi connectivity index (χ1) is 10.5. The Bertz CT molecular complexity index is 584. The van der Waals surface area contributed by atoms with Crippen molar-refractivity contribution in [2.45, 2.75) is 51.5 Å². The van der Waals surface area contributed by atoms with Crippen LogP contribution in [0.1, 0.15) is 46.0 Å². The van der Waals surface area contributed by atoms with Crippen molar-refractivity contribution in [2.24, 2.45) is 29.1 Å². The molecule has 6 atom stereocenters. The topological polar surface area (TPSA) is 23.6 Å². The number of amides is 1. The molecule has 0 aromatic rings. The number of likely N-dealkylation sites (tertiary alicyclic amines) is 2. The number of piperidine rings is 2. The highest BCUT2D eigenvalue weighted by Gasteiger charge is 2.76. The predicted octanol–water partition coefficient (Wildman–Crippen LogP) is 2.88. The van der Waals surface area contributed by atoms with E-state index >= 15 is 0 Å². The summed E-state index contributed by atoms with van der Waals surface area (Å²) in [6.07, 6.45) is 9.16. The summed E-state index contributed by atoms with van der Waals surface area (Å²) >= 11 is 0. The van der Waals surface area contributed by atoms with E-state index in [2.05, 4.69) is 29.8 Å². The molecule has 2 heterocycles. The van der Waals surface area contributed by atoms with E-state index in [4.69, 9.17) is 0 Å². The van der Waals surface area contributed by atoms with E-state index in [0.29, 0.717) is 16.9 Å². The average molecular weight is 300 g/mol. The summed E-state index contributed by atoms with van der Waals surface area (Å²) in [5, 5.41) is 0. The van der Waals surface area contributed by atoms with Crippen LogP contribution in [-0.4, -0.2) is 41.4 Å². The van der Waals surface area contributed by atoms with Crippen molar-refractivity contribution in [3.63, 3.8) is 0 Å². The Labute approximate surface area is 133 Å². The van der Waals surface area contributed by atoms with Gasteiger partial charge in [-0.05, 0) is 62.8 Å². The van der Waals surface area contributed by atoms with Gasteiger partial charge in [0.1, 0.15) is 0 Å². The van der Waals surface area contributed by atoms with Crippen LogP contribution in [0.2, 0.25) is 0 Å². The molecule has 0 N–H and O–H groups in total. The Morgan fingerprint density at radius 3 is 2.95 bits per heavy atom. The molecule has 3 nitrogen and oxygen atoms in total. The maximum atomic E-state index is 12.3. The first-order valence-electron chi connectivity index (χ1n) is 9.22. The molecule has 22 heavy (non-hydrogen) atoms. The lowest BCUT2D eigenvalue weighted by Gasteiger charge is -2.62. The molecule has 120 valence electrons. The molecule has 0 aromatic heterocycles. The van der Waals surface area contributed by atoms with Crippen molar-refractivity contribution in [2.75, 3.05) is 20.1 Å². The van der Waals surface area contributed by atoms with Crippen LogP contribution in [-0.2, 0) is 4.79 Å². The molecule has 2 saturated heterocycles. The molecule has 5 bridgehead atoms. The third kappa shape index (κ3) is 1.22. The van der Waals surface area contributed by atoms with Gasteiger partial charge in [0.05, 0.1) is 0 Å². The maximum absolute atomic E-state index is 12.3. The number of carbonyl (C=O) groups is 1. The SMILES string of the molecule is CC(=O)N1CCCC23C1=CC1CC(C)C[C@@]24C1C[C@@H]3CN4C. The van der Waals surface area contributed by atoms with Gasteiger partial charge >= 0.3 is 0 Å². The second-order valence-corrected chi connectivity index (χ2v) is 8.85. The Hall–Kier alpha value is -0.830. The van der Waals surface area contributed by atoms with Gasteiger partial charge in [-0.3, -0.25) is 9.69 Å². The lowest BCUT2D eigenvalue weighted by molar-refractivity contribution is -0.132. The third-order valence-corrected chi connectivity index (χ3v) is 8.10. The molecule has 0 aromatic carbocycles. The van der Waals surface area contributed by atoms with Gasteiger partial charge in [0.25, 0.3) is 0 Å². The van der Waals surface area contributed by atoms with Crippen molar-refractivity contribution < 1.29 is 4.79 Å². The van der Waals surface area contributed by atoms with Crippen LogP contribution in [0.25, 0.3) is 0 Å². The average Bonchev–Trinajstić information content (AvgIpc) is 2.77. The molecule has 4 unspecified atom stereocenters. The molecule has 1 amide bonds. The quantitative estimate of drug-likeness (QED) is 0.687. The van der Waals surface area contributed by atoms with Gasteiger partial charge < -0.3 is 4.90 Å². The van der Waals surface area contributed by atoms with Gasteiger partial charge in [-0.1, -0.05) is 13.0 Å². The summed E-state index contributed by atoms with van der Waals surface area (Å²) in [6.45, 7) is 6.42. The highest BCUT2D eigenvalue weighted by Crippen LogP contribution is 2.75. The first kappa shape index (κ1) is 13.6. The van der Waals surface area contributed by atoms with E-state index in [1.165, 1.54) is 44.3 Å². The number of rotatable bonds is 0. The normalized spacial score (nSPS) is 52.5. The van der Waals surface area contributed by atoms with Crippen LogP contribution in [0, 0.1) is 29.1 Å². The molecule has 0 radical (unpaired) electrons. The summed E-state index contributed by atoms with van der Waals surface area (Å²) in [5.41, 5.74) is 2.10. The number of carbonyl (C=O) groups excluding carboxylic acids is 1. The zero-order chi connectivity index (χ0) is 15.3. The molecule has 2 saturated carbocycles. The fraction of sp³-hybridized carbons (Fsp3) is 0.842. The minimum absolute atomic E-state index is 0.264. The van der Waals surface area contributed by atoms with Gasteiger partial charge in [0.15, 0.2) is 0 Å². The van der Waals surface area contributed by atoms with Gasteiger partial charge in [0.2, 0.25) is 5.91 Å². The fourth-order valence-electron chi connectivity index (χ4n) is 7.81. The number of hydrogen-bond acceptors (Lipinski definition) is 2. The molecule has 5 aliphatic rings. The predicted molar refractivity (Wildman–Crippen MR) is 86.0 cm³/mol. The minimum atomic E-state index is 0.264. The van der Waals surface area contributed by atoms with Gasteiger partial charge in [-0.2, -0.15) is 0 Å². The van der Waals surface area contributed by atoms with Crippen molar-refractivity contribution in [3.8, 4) is 0 Å². The van der Waals surface area contributed by atoms with Crippen LogP contribution in [0.15, 0.2) is 11.8 Å². The number of hydrogen-bond donors (Lipinski definition) is 0.